The SMILES string of the molecule is CC(C)CC(CN(C)C)NC(=O)c1ccc2c(c1)CCNCC2. The monoisotopic (exact) mass is 317 g/mol. The van der Waals surface area contributed by atoms with E-state index in [0.717, 1.165) is 44.5 Å². The van der Waals surface area contributed by atoms with Crippen LogP contribution in [0.25, 0.3) is 0 Å². The lowest BCUT2D eigenvalue weighted by Gasteiger charge is -2.24. The maximum absolute atomic E-state index is 12.6. The quantitative estimate of drug-likeness (QED) is 0.844. The third-order valence-corrected chi connectivity index (χ3v) is 4.29. The molecule has 0 bridgehead atoms. The fourth-order valence-electron chi connectivity index (χ4n) is 3.27. The van der Waals surface area contributed by atoms with Crippen LogP contribution >= 0.6 is 0 Å². The Kier molecular flexibility index (Phi) is 6.60. The first kappa shape index (κ1) is 18.0. The number of likely N-dealkylation sites (N-methyl/N-ethyl adjacent to an activating group) is 1. The highest BCUT2D eigenvalue weighted by molar-refractivity contribution is 5.94. The molecular formula is C19H31N3O. The molecule has 4 nitrogen and oxygen atoms in total. The second-order valence-corrected chi connectivity index (χ2v) is 7.30. The standard InChI is InChI=1S/C19H31N3O/c1-14(2)11-18(13-22(3)4)21-19(23)17-6-5-15-7-9-20-10-8-16(15)12-17/h5-6,12,14,18,20H,7-11,13H2,1-4H3,(H,21,23). The van der Waals surface area contributed by atoms with Gasteiger partial charge in [-0.25, -0.2) is 0 Å². The summed E-state index contributed by atoms with van der Waals surface area (Å²) in [6, 6.07) is 6.38. The number of nitrogens with zero attached hydrogens (tertiary/aromatic N) is 1. The van der Waals surface area contributed by atoms with Gasteiger partial charge in [-0.1, -0.05) is 19.9 Å². The minimum absolute atomic E-state index is 0.0532. The van der Waals surface area contributed by atoms with Crippen LogP contribution in [0, 0.1) is 5.92 Å². The molecule has 0 aromatic heterocycles. The third-order valence-electron chi connectivity index (χ3n) is 4.29. The van der Waals surface area contributed by atoms with Crippen molar-refractivity contribution in [3.8, 4) is 0 Å². The largest absolute Gasteiger partial charge is 0.348 e. The van der Waals surface area contributed by atoms with Crippen molar-refractivity contribution in [2.75, 3.05) is 33.7 Å². The third kappa shape index (κ3) is 5.63. The van der Waals surface area contributed by atoms with Gasteiger partial charge in [0, 0.05) is 18.2 Å². The number of benzene rings is 1. The van der Waals surface area contributed by atoms with Crippen LogP contribution in [0.3, 0.4) is 0 Å². The van der Waals surface area contributed by atoms with E-state index in [4.69, 9.17) is 0 Å². The predicted octanol–water partition coefficient (Wildman–Crippen LogP) is 2.08. The van der Waals surface area contributed by atoms with Gasteiger partial charge in [0.05, 0.1) is 0 Å². The fraction of sp³-hybridized carbons (Fsp3) is 0.632. The molecular weight excluding hydrogens is 286 g/mol. The van der Waals surface area contributed by atoms with Crippen LogP contribution in [0.4, 0.5) is 0 Å². The van der Waals surface area contributed by atoms with Crippen molar-refractivity contribution in [1.82, 2.24) is 15.5 Å². The van der Waals surface area contributed by atoms with Crippen molar-refractivity contribution < 1.29 is 4.79 Å². The molecule has 2 rings (SSSR count). The first-order chi connectivity index (χ1) is 11.0. The average Bonchev–Trinajstić information content (AvgIpc) is 2.69. The lowest BCUT2D eigenvalue weighted by Crippen LogP contribution is -2.42. The Morgan fingerprint density at radius 1 is 1.22 bits per heavy atom. The van der Waals surface area contributed by atoms with Crippen molar-refractivity contribution in [3.05, 3.63) is 34.9 Å². The zero-order valence-electron chi connectivity index (χ0n) is 15.0. The number of carbonyl (C=O) groups is 1. The number of hydrogen-bond donors (Lipinski definition) is 2. The first-order valence-corrected chi connectivity index (χ1v) is 8.74. The lowest BCUT2D eigenvalue weighted by molar-refractivity contribution is 0.0924. The first-order valence-electron chi connectivity index (χ1n) is 8.74. The van der Waals surface area contributed by atoms with Crippen molar-refractivity contribution in [3.63, 3.8) is 0 Å². The second-order valence-electron chi connectivity index (χ2n) is 7.30. The van der Waals surface area contributed by atoms with Gasteiger partial charge in [-0.15, -0.1) is 0 Å². The van der Waals surface area contributed by atoms with E-state index in [1.165, 1.54) is 11.1 Å². The van der Waals surface area contributed by atoms with E-state index in [0.29, 0.717) is 5.92 Å². The van der Waals surface area contributed by atoms with Crippen LogP contribution in [0.1, 0.15) is 41.8 Å². The summed E-state index contributed by atoms with van der Waals surface area (Å²) in [6.07, 6.45) is 3.05. The normalized spacial score (nSPS) is 16.1. The lowest BCUT2D eigenvalue weighted by atomic mass is 9.99. The molecule has 1 atom stereocenters. The smallest absolute Gasteiger partial charge is 0.251 e. The Hall–Kier alpha value is -1.39. The number of carbonyl (C=O) groups excluding carboxylic acids is 1. The maximum atomic E-state index is 12.6. The van der Waals surface area contributed by atoms with Gasteiger partial charge in [-0.3, -0.25) is 4.79 Å². The van der Waals surface area contributed by atoms with Gasteiger partial charge < -0.3 is 15.5 Å². The van der Waals surface area contributed by atoms with Crippen LogP contribution in [0.2, 0.25) is 0 Å². The molecule has 4 heteroatoms. The summed E-state index contributed by atoms with van der Waals surface area (Å²) >= 11 is 0. The van der Waals surface area contributed by atoms with Crippen LogP contribution in [-0.2, 0) is 12.8 Å². The Balaban J connectivity index is 2.07. The Labute approximate surface area is 140 Å². The number of amides is 1. The summed E-state index contributed by atoms with van der Waals surface area (Å²) in [5, 5.41) is 6.63. The van der Waals surface area contributed by atoms with Crippen molar-refractivity contribution in [1.29, 1.82) is 0 Å². The van der Waals surface area contributed by atoms with Gasteiger partial charge in [0.15, 0.2) is 0 Å². The predicted molar refractivity (Wildman–Crippen MR) is 96.0 cm³/mol. The van der Waals surface area contributed by atoms with Gasteiger partial charge in [-0.05, 0) is 75.6 Å². The molecule has 1 aromatic carbocycles. The van der Waals surface area contributed by atoms with Crippen molar-refractivity contribution >= 4 is 5.91 Å². The zero-order valence-corrected chi connectivity index (χ0v) is 15.0. The van der Waals surface area contributed by atoms with Crippen molar-refractivity contribution in [2.24, 2.45) is 5.92 Å². The average molecular weight is 317 g/mol. The molecule has 0 saturated carbocycles. The summed E-state index contributed by atoms with van der Waals surface area (Å²) in [5.41, 5.74) is 3.48. The van der Waals surface area contributed by atoms with E-state index in [9.17, 15) is 4.79 Å². The topological polar surface area (TPSA) is 44.4 Å². The number of rotatable bonds is 6. The maximum Gasteiger partial charge on any atom is 0.251 e. The molecule has 128 valence electrons. The summed E-state index contributed by atoms with van der Waals surface area (Å²) in [4.78, 5) is 14.8. The van der Waals surface area contributed by atoms with E-state index in [-0.39, 0.29) is 11.9 Å². The minimum Gasteiger partial charge on any atom is -0.348 e. The van der Waals surface area contributed by atoms with E-state index < -0.39 is 0 Å². The minimum atomic E-state index is 0.0532. The molecule has 2 N–H and O–H groups in total. The fourth-order valence-corrected chi connectivity index (χ4v) is 3.27. The molecule has 0 spiro atoms. The Morgan fingerprint density at radius 3 is 2.57 bits per heavy atom. The van der Waals surface area contributed by atoms with Gasteiger partial charge in [0.1, 0.15) is 0 Å². The van der Waals surface area contributed by atoms with E-state index in [1.54, 1.807) is 0 Å². The molecule has 0 fully saturated rings. The molecule has 1 amide bonds. The highest BCUT2D eigenvalue weighted by Crippen LogP contribution is 2.16. The number of nitrogens with one attached hydrogen (secondary N) is 2. The molecule has 1 heterocycles. The molecule has 1 unspecified atom stereocenters. The Morgan fingerprint density at radius 2 is 1.91 bits per heavy atom. The van der Waals surface area contributed by atoms with E-state index in [1.807, 2.05) is 6.07 Å². The van der Waals surface area contributed by atoms with Crippen LogP contribution in [0.15, 0.2) is 18.2 Å². The highest BCUT2D eigenvalue weighted by Gasteiger charge is 2.17. The van der Waals surface area contributed by atoms with Crippen molar-refractivity contribution in [2.45, 2.75) is 39.2 Å². The molecule has 0 aliphatic carbocycles. The number of fused-ring (bicyclic) bond motifs is 1. The van der Waals surface area contributed by atoms with Crippen LogP contribution < -0.4 is 10.6 Å². The zero-order chi connectivity index (χ0) is 16.8. The van der Waals surface area contributed by atoms with Gasteiger partial charge in [0.2, 0.25) is 0 Å². The second kappa shape index (κ2) is 8.46. The summed E-state index contributed by atoms with van der Waals surface area (Å²) in [6.45, 7) is 7.29. The molecule has 1 aromatic rings. The molecule has 0 saturated heterocycles. The number of hydrogen-bond acceptors (Lipinski definition) is 3. The molecule has 1 aliphatic rings. The van der Waals surface area contributed by atoms with Crippen LogP contribution in [0.5, 0.6) is 0 Å². The van der Waals surface area contributed by atoms with E-state index in [2.05, 4.69) is 55.6 Å². The summed E-state index contributed by atoms with van der Waals surface area (Å²) in [5.74, 6) is 0.621. The molecule has 23 heavy (non-hydrogen) atoms. The van der Waals surface area contributed by atoms with Gasteiger partial charge >= 0.3 is 0 Å². The highest BCUT2D eigenvalue weighted by atomic mass is 16.1. The van der Waals surface area contributed by atoms with Gasteiger partial charge in [-0.2, -0.15) is 0 Å². The van der Waals surface area contributed by atoms with Gasteiger partial charge in [0.25, 0.3) is 5.91 Å². The molecule has 1 aliphatic heterocycles. The van der Waals surface area contributed by atoms with E-state index >= 15 is 0 Å². The summed E-state index contributed by atoms with van der Waals surface area (Å²) in [7, 11) is 4.10. The summed E-state index contributed by atoms with van der Waals surface area (Å²) < 4.78 is 0. The van der Waals surface area contributed by atoms with Crippen LogP contribution in [-0.4, -0.2) is 50.6 Å². The Bertz CT molecular complexity index is 515. The molecule has 0 radical (unpaired) electrons.